The van der Waals surface area contributed by atoms with Crippen molar-refractivity contribution in [1.29, 1.82) is 0 Å². The van der Waals surface area contributed by atoms with Gasteiger partial charge in [-0.2, -0.15) is 0 Å². The maximum absolute atomic E-state index is 13.0. The molecule has 30 heavy (non-hydrogen) atoms. The van der Waals surface area contributed by atoms with Crippen molar-refractivity contribution in [3.8, 4) is 0 Å². The number of hydrogen-bond acceptors (Lipinski definition) is 4. The van der Waals surface area contributed by atoms with Crippen molar-refractivity contribution in [2.45, 2.75) is 23.5 Å². The molecule has 2 aromatic rings. The molecule has 0 fully saturated rings. The molecule has 0 spiro atoms. The SMILES string of the molecule is COC(=O)C(CC[Se](=O)(=O)c1ccccc1)(c1ccc(C(F)(F)F)cc1)[N+](C)(C)C. The third-order valence-corrected chi connectivity index (χ3v) is 8.83. The Balaban J connectivity index is 2.56. The summed E-state index contributed by atoms with van der Waals surface area (Å²) < 4.78 is 69.9. The third kappa shape index (κ3) is 4.74. The van der Waals surface area contributed by atoms with Gasteiger partial charge in [0, 0.05) is 0 Å². The summed E-state index contributed by atoms with van der Waals surface area (Å²) in [4.78, 5) is 13.0. The minimum atomic E-state index is -4.61. The van der Waals surface area contributed by atoms with E-state index in [1.54, 1.807) is 39.3 Å². The van der Waals surface area contributed by atoms with Gasteiger partial charge in [0.2, 0.25) is 0 Å². The van der Waals surface area contributed by atoms with Crippen molar-refractivity contribution in [3.63, 3.8) is 0 Å². The molecule has 2 rings (SSSR count). The van der Waals surface area contributed by atoms with Crippen LogP contribution >= 0.6 is 0 Å². The molecule has 1 unspecified atom stereocenters. The van der Waals surface area contributed by atoms with Crippen LogP contribution < -0.4 is 4.46 Å². The zero-order valence-electron chi connectivity index (χ0n) is 17.2. The van der Waals surface area contributed by atoms with E-state index < -0.39 is 36.0 Å². The molecule has 0 N–H and O–H groups in total. The Morgan fingerprint density at radius 3 is 1.87 bits per heavy atom. The fourth-order valence-electron chi connectivity index (χ4n) is 3.49. The number of halogens is 3. The van der Waals surface area contributed by atoms with Crippen molar-refractivity contribution in [2.75, 3.05) is 28.3 Å². The third-order valence-electron chi connectivity index (χ3n) is 5.19. The number of esters is 1. The standard InChI is InChI=1S/C21H25F3NO4Se/c1-25(2,3)20(19(26)29-4,16-10-12-17(13-11-16)21(22,23)24)14-15-30(27,28)18-8-6-5-7-9-18/h5-13H,14-15H2,1-4H3/q+1. The predicted octanol–water partition coefficient (Wildman–Crippen LogP) is 3.38. The van der Waals surface area contributed by atoms with E-state index in [0.717, 1.165) is 12.1 Å². The summed E-state index contributed by atoms with van der Waals surface area (Å²) in [7, 11) is 6.21. The van der Waals surface area contributed by atoms with Crippen LogP contribution in [0.4, 0.5) is 13.2 Å². The van der Waals surface area contributed by atoms with Crippen molar-refractivity contribution in [3.05, 3.63) is 65.7 Å². The Morgan fingerprint density at radius 1 is 0.933 bits per heavy atom. The average molecular weight is 491 g/mol. The Labute approximate surface area is 175 Å². The van der Waals surface area contributed by atoms with Gasteiger partial charge in [0.25, 0.3) is 0 Å². The first-order valence-corrected chi connectivity index (χ1v) is 12.6. The van der Waals surface area contributed by atoms with Gasteiger partial charge in [-0.3, -0.25) is 0 Å². The van der Waals surface area contributed by atoms with Crippen molar-refractivity contribution in [1.82, 2.24) is 0 Å². The Bertz CT molecular complexity index is 982. The van der Waals surface area contributed by atoms with Crippen molar-refractivity contribution < 1.29 is 34.9 Å². The van der Waals surface area contributed by atoms with E-state index >= 15 is 0 Å². The number of quaternary nitrogens is 1. The van der Waals surface area contributed by atoms with Crippen molar-refractivity contribution in [2.24, 2.45) is 0 Å². The summed E-state index contributed by atoms with van der Waals surface area (Å²) in [6.45, 7) is 0. The van der Waals surface area contributed by atoms with E-state index in [9.17, 15) is 25.6 Å². The number of likely N-dealkylation sites (N-methyl/N-ethyl adjacent to an activating group) is 1. The number of benzene rings is 2. The van der Waals surface area contributed by atoms with Gasteiger partial charge in [0.1, 0.15) is 0 Å². The molecule has 0 heterocycles. The maximum atomic E-state index is 13.0. The number of ether oxygens (including phenoxy) is 1. The van der Waals surface area contributed by atoms with Crippen LogP contribution in [0.5, 0.6) is 0 Å². The number of alkyl halides is 3. The predicted molar refractivity (Wildman–Crippen MR) is 106 cm³/mol. The number of nitrogens with zero attached hydrogens (tertiary/aromatic N) is 1. The molecule has 0 aromatic heterocycles. The zero-order valence-corrected chi connectivity index (χ0v) is 18.9. The topological polar surface area (TPSA) is 60.4 Å². The van der Waals surface area contributed by atoms with Crippen LogP contribution in [0.25, 0.3) is 0 Å². The molecule has 5 nitrogen and oxygen atoms in total. The number of carbonyl (C=O) groups excluding carboxylic acids is 1. The van der Waals surface area contributed by atoms with Gasteiger partial charge in [0.05, 0.1) is 0 Å². The van der Waals surface area contributed by atoms with Gasteiger partial charge in [-0.25, -0.2) is 0 Å². The van der Waals surface area contributed by atoms with Gasteiger partial charge in [-0.1, -0.05) is 0 Å². The van der Waals surface area contributed by atoms with E-state index in [4.69, 9.17) is 4.74 Å². The molecule has 2 aromatic carbocycles. The summed E-state index contributed by atoms with van der Waals surface area (Å²) in [6.07, 6.45) is -4.67. The summed E-state index contributed by atoms with van der Waals surface area (Å²) >= 11 is -4.61. The van der Waals surface area contributed by atoms with Crippen LogP contribution in [0.2, 0.25) is 5.32 Å². The molecule has 0 aliphatic heterocycles. The first-order chi connectivity index (χ1) is 13.8. The first kappa shape index (κ1) is 24.1. The van der Waals surface area contributed by atoms with Gasteiger partial charge < -0.3 is 0 Å². The molecule has 0 aliphatic carbocycles. The molecular weight excluding hydrogens is 466 g/mol. The van der Waals surface area contributed by atoms with E-state index in [0.29, 0.717) is 0 Å². The number of methoxy groups -OCH3 is 1. The Morgan fingerprint density at radius 2 is 1.43 bits per heavy atom. The fraction of sp³-hybridized carbons (Fsp3) is 0.381. The van der Waals surface area contributed by atoms with Crippen molar-refractivity contribution >= 4 is 23.1 Å². The van der Waals surface area contributed by atoms with Crippen LogP contribution in [-0.2, 0) is 28.9 Å². The molecule has 0 saturated carbocycles. The van der Waals surface area contributed by atoms with E-state index in [-0.39, 0.29) is 26.2 Å². The molecule has 164 valence electrons. The average Bonchev–Trinajstić information content (AvgIpc) is 2.67. The zero-order chi connectivity index (χ0) is 22.8. The summed E-state index contributed by atoms with van der Waals surface area (Å²) in [5, 5.41) is -0.313. The van der Waals surface area contributed by atoms with Crippen LogP contribution in [0.1, 0.15) is 17.5 Å². The molecule has 0 saturated heterocycles. The van der Waals surface area contributed by atoms with E-state index in [2.05, 4.69) is 0 Å². The second kappa shape index (κ2) is 8.49. The summed E-state index contributed by atoms with van der Waals surface area (Å²) in [5.74, 6) is -0.712. The Hall–Kier alpha value is -2.22. The van der Waals surface area contributed by atoms with Gasteiger partial charge in [-0.15, -0.1) is 0 Å². The second-order valence-corrected chi connectivity index (χ2v) is 12.2. The van der Waals surface area contributed by atoms with Gasteiger partial charge in [0.15, 0.2) is 0 Å². The van der Waals surface area contributed by atoms with Crippen LogP contribution in [0.15, 0.2) is 54.6 Å². The van der Waals surface area contributed by atoms with Crippen LogP contribution in [0.3, 0.4) is 0 Å². The molecular formula is C21H25F3NO4Se+. The monoisotopic (exact) mass is 492 g/mol. The van der Waals surface area contributed by atoms with Gasteiger partial charge in [-0.05, 0) is 0 Å². The number of hydrogen-bond donors (Lipinski definition) is 0. The number of carbonyl (C=O) groups is 1. The molecule has 0 amide bonds. The molecule has 0 bridgehead atoms. The van der Waals surface area contributed by atoms with Crippen LogP contribution in [0, 0.1) is 0 Å². The summed E-state index contributed by atoms with van der Waals surface area (Å²) in [6, 6.07) is 12.1. The van der Waals surface area contributed by atoms with Gasteiger partial charge >= 0.3 is 175 Å². The summed E-state index contributed by atoms with van der Waals surface area (Å²) in [5.41, 5.74) is -2.10. The first-order valence-electron chi connectivity index (χ1n) is 9.11. The fourth-order valence-corrected chi connectivity index (χ4v) is 6.37. The second-order valence-electron chi connectivity index (χ2n) is 7.82. The quantitative estimate of drug-likeness (QED) is 0.339. The molecule has 0 aliphatic rings. The Kier molecular flexibility index (Phi) is 6.81. The normalized spacial score (nSPS) is 14.8. The molecule has 0 radical (unpaired) electrons. The minimum absolute atomic E-state index is 0.0624. The van der Waals surface area contributed by atoms with Crippen LogP contribution in [-0.4, -0.2) is 51.4 Å². The number of rotatable bonds is 7. The van der Waals surface area contributed by atoms with E-state index in [1.807, 2.05) is 0 Å². The molecule has 9 heteroatoms. The van der Waals surface area contributed by atoms with E-state index in [1.165, 1.54) is 31.4 Å². The molecule has 1 atom stereocenters.